The highest BCUT2D eigenvalue weighted by Crippen LogP contribution is 2.09. The van der Waals surface area contributed by atoms with Gasteiger partial charge in [-0.25, -0.2) is 9.78 Å². The first-order chi connectivity index (χ1) is 3.93. The van der Waals surface area contributed by atoms with Crippen molar-refractivity contribution in [2.24, 2.45) is 0 Å². The molecule has 3 nitrogen and oxygen atoms in total. The molecule has 1 aliphatic heterocycles. The molecule has 1 heterocycles. The molecule has 0 aromatic carbocycles. The first-order valence-corrected chi connectivity index (χ1v) is 2.88. The van der Waals surface area contributed by atoms with Crippen molar-refractivity contribution in [1.82, 2.24) is 0 Å². The third-order valence-corrected chi connectivity index (χ3v) is 1.20. The van der Waals surface area contributed by atoms with E-state index in [9.17, 15) is 0 Å². The fourth-order valence-corrected chi connectivity index (χ4v) is 0.617. The Bertz CT molecular complexity index is 58.7. The van der Waals surface area contributed by atoms with Crippen LogP contribution in [0.4, 0.5) is 0 Å². The van der Waals surface area contributed by atoms with E-state index in [2.05, 4.69) is 16.8 Å². The van der Waals surface area contributed by atoms with E-state index < -0.39 is 0 Å². The quantitative estimate of drug-likeness (QED) is 0.481. The predicted octanol–water partition coefficient (Wildman–Crippen LogP) is 1.05. The van der Waals surface area contributed by atoms with Crippen LogP contribution in [0, 0.1) is 0 Å². The summed E-state index contributed by atoms with van der Waals surface area (Å²) < 4.78 is 0. The lowest BCUT2D eigenvalue weighted by Crippen LogP contribution is -2.20. The van der Waals surface area contributed by atoms with Crippen LogP contribution in [-0.2, 0) is 14.8 Å². The van der Waals surface area contributed by atoms with Crippen molar-refractivity contribution in [3.05, 3.63) is 0 Å². The van der Waals surface area contributed by atoms with Gasteiger partial charge < -0.3 is 0 Å². The van der Waals surface area contributed by atoms with Gasteiger partial charge in [0.05, 0.1) is 12.7 Å². The summed E-state index contributed by atoms with van der Waals surface area (Å²) in [6, 6.07) is 0. The van der Waals surface area contributed by atoms with Crippen molar-refractivity contribution < 1.29 is 14.8 Å². The maximum Gasteiger partial charge on any atom is 0.0981 e. The average Bonchev–Trinajstić information content (AvgIpc) is 1.90. The summed E-state index contributed by atoms with van der Waals surface area (Å²) >= 11 is 0. The molecule has 48 valence electrons. The lowest BCUT2D eigenvalue weighted by atomic mass is 10.2. The summed E-state index contributed by atoms with van der Waals surface area (Å²) in [5.41, 5.74) is 0. The summed E-state index contributed by atoms with van der Waals surface area (Å²) in [5, 5.41) is 4.27. The van der Waals surface area contributed by atoms with Gasteiger partial charge in [-0.3, -0.25) is 0 Å². The van der Waals surface area contributed by atoms with Crippen molar-refractivity contribution in [1.29, 1.82) is 0 Å². The molecule has 0 aromatic rings. The van der Waals surface area contributed by atoms with Crippen molar-refractivity contribution in [2.45, 2.75) is 25.9 Å². The molecule has 0 aliphatic carbocycles. The minimum absolute atomic E-state index is 0.240. The molecule has 0 saturated carbocycles. The van der Waals surface area contributed by atoms with Crippen molar-refractivity contribution in [3.8, 4) is 0 Å². The monoisotopic (exact) mass is 118 g/mol. The second kappa shape index (κ2) is 3.02. The summed E-state index contributed by atoms with van der Waals surface area (Å²) in [7, 11) is 0. The third-order valence-electron chi connectivity index (χ3n) is 1.20. The van der Waals surface area contributed by atoms with Gasteiger partial charge in [0.25, 0.3) is 0 Å². The van der Waals surface area contributed by atoms with E-state index in [1.807, 2.05) is 0 Å². The Morgan fingerprint density at radius 1 is 1.62 bits per heavy atom. The minimum Gasteiger partial charge on any atom is -0.206 e. The second-order valence-corrected chi connectivity index (χ2v) is 1.81. The van der Waals surface area contributed by atoms with Gasteiger partial charge in [0.15, 0.2) is 0 Å². The van der Waals surface area contributed by atoms with E-state index in [1.54, 1.807) is 0 Å². The minimum atomic E-state index is 0.240. The van der Waals surface area contributed by atoms with Crippen LogP contribution in [0.25, 0.3) is 0 Å². The van der Waals surface area contributed by atoms with E-state index in [-0.39, 0.29) is 6.10 Å². The second-order valence-electron chi connectivity index (χ2n) is 1.81. The SMILES string of the molecule is CCC1CCOOO1. The maximum absolute atomic E-state index is 4.70. The zero-order valence-electron chi connectivity index (χ0n) is 4.92. The molecule has 0 amide bonds. The highest BCUT2D eigenvalue weighted by atomic mass is 17.5. The largest absolute Gasteiger partial charge is 0.206 e. The van der Waals surface area contributed by atoms with Crippen LogP contribution in [0.5, 0.6) is 0 Å². The molecule has 3 heteroatoms. The standard InChI is InChI=1S/C5H10O3/c1-2-5-3-4-6-8-7-5/h5H,2-4H2,1H3. The highest BCUT2D eigenvalue weighted by molar-refractivity contribution is 4.51. The van der Waals surface area contributed by atoms with Crippen LogP contribution in [0.2, 0.25) is 0 Å². The number of hydrogen-bond acceptors (Lipinski definition) is 3. The summed E-state index contributed by atoms with van der Waals surface area (Å²) in [6.45, 7) is 2.71. The first kappa shape index (κ1) is 6.01. The van der Waals surface area contributed by atoms with Gasteiger partial charge in [-0.15, -0.1) is 0 Å². The van der Waals surface area contributed by atoms with Crippen LogP contribution >= 0.6 is 0 Å². The zero-order chi connectivity index (χ0) is 5.82. The van der Waals surface area contributed by atoms with E-state index in [1.165, 1.54) is 0 Å². The molecule has 1 atom stereocenters. The predicted molar refractivity (Wildman–Crippen MR) is 26.8 cm³/mol. The Morgan fingerprint density at radius 2 is 2.50 bits per heavy atom. The Labute approximate surface area is 48.4 Å². The van der Waals surface area contributed by atoms with Crippen LogP contribution in [-0.4, -0.2) is 12.7 Å². The maximum atomic E-state index is 4.70. The van der Waals surface area contributed by atoms with Gasteiger partial charge in [0, 0.05) is 6.42 Å². The molecule has 1 rings (SSSR count). The summed E-state index contributed by atoms with van der Waals surface area (Å²) in [4.78, 5) is 9.18. The van der Waals surface area contributed by atoms with Gasteiger partial charge >= 0.3 is 0 Å². The molecule has 8 heavy (non-hydrogen) atoms. The molecule has 0 aromatic heterocycles. The molecule has 0 N–H and O–H groups in total. The number of hydrogen-bond donors (Lipinski definition) is 0. The Balaban J connectivity index is 2.13. The first-order valence-electron chi connectivity index (χ1n) is 2.88. The van der Waals surface area contributed by atoms with Gasteiger partial charge in [0.1, 0.15) is 0 Å². The lowest BCUT2D eigenvalue weighted by Gasteiger charge is -2.17. The molecule has 0 radical (unpaired) electrons. The van der Waals surface area contributed by atoms with Crippen molar-refractivity contribution in [3.63, 3.8) is 0 Å². The highest BCUT2D eigenvalue weighted by Gasteiger charge is 2.12. The van der Waals surface area contributed by atoms with Gasteiger partial charge in [-0.05, 0) is 6.42 Å². The number of rotatable bonds is 1. The van der Waals surface area contributed by atoms with Crippen molar-refractivity contribution >= 4 is 0 Å². The molecule has 1 saturated heterocycles. The molecular formula is C5H10O3. The van der Waals surface area contributed by atoms with E-state index in [0.717, 1.165) is 12.8 Å². The van der Waals surface area contributed by atoms with Gasteiger partial charge in [-0.1, -0.05) is 12.0 Å². The molecule has 0 bridgehead atoms. The molecule has 0 spiro atoms. The Morgan fingerprint density at radius 3 is 2.88 bits per heavy atom. The summed E-state index contributed by atoms with van der Waals surface area (Å²) in [5.74, 6) is 0. The fourth-order valence-electron chi connectivity index (χ4n) is 0.617. The Hall–Kier alpha value is -0.120. The summed E-state index contributed by atoms with van der Waals surface area (Å²) in [6.07, 6.45) is 2.17. The third kappa shape index (κ3) is 1.43. The van der Waals surface area contributed by atoms with E-state index >= 15 is 0 Å². The smallest absolute Gasteiger partial charge is 0.0981 e. The molecule has 1 aliphatic rings. The topological polar surface area (TPSA) is 27.7 Å². The van der Waals surface area contributed by atoms with Crippen LogP contribution in [0.1, 0.15) is 19.8 Å². The molecule has 1 unspecified atom stereocenters. The normalized spacial score (nSPS) is 30.4. The molecular weight excluding hydrogens is 108 g/mol. The van der Waals surface area contributed by atoms with E-state index in [0.29, 0.717) is 6.61 Å². The van der Waals surface area contributed by atoms with E-state index in [4.69, 9.17) is 4.89 Å². The fraction of sp³-hybridized carbons (Fsp3) is 1.00. The van der Waals surface area contributed by atoms with Crippen LogP contribution < -0.4 is 0 Å². The molecule has 1 fully saturated rings. The van der Waals surface area contributed by atoms with Crippen molar-refractivity contribution in [2.75, 3.05) is 6.61 Å². The van der Waals surface area contributed by atoms with Crippen LogP contribution in [0.15, 0.2) is 0 Å². The average molecular weight is 118 g/mol. The van der Waals surface area contributed by atoms with Gasteiger partial charge in [-0.2, -0.15) is 0 Å². The van der Waals surface area contributed by atoms with Crippen LogP contribution in [0.3, 0.4) is 0 Å². The Kier molecular flexibility index (Phi) is 2.27. The zero-order valence-corrected chi connectivity index (χ0v) is 4.92. The van der Waals surface area contributed by atoms with Gasteiger partial charge in [0.2, 0.25) is 0 Å². The lowest BCUT2D eigenvalue weighted by molar-refractivity contribution is -0.548.